The fourth-order valence-electron chi connectivity index (χ4n) is 3.60. The number of quaternary nitrogens is 1. The molecule has 0 saturated carbocycles. The van der Waals surface area contributed by atoms with E-state index in [4.69, 9.17) is 11.6 Å². The first-order valence-electron chi connectivity index (χ1n) is 9.24. The molecule has 0 aliphatic carbocycles. The molecule has 1 N–H and O–H groups in total. The predicted octanol–water partition coefficient (Wildman–Crippen LogP) is 0.488. The number of carbonyl (C=O) groups excluding carboxylic acids is 1. The molecular formula is C18H27ClN3O3S+. The first-order chi connectivity index (χ1) is 12.4. The van der Waals surface area contributed by atoms with Gasteiger partial charge in [0.2, 0.25) is 10.0 Å². The van der Waals surface area contributed by atoms with Crippen molar-refractivity contribution < 1.29 is 18.1 Å². The van der Waals surface area contributed by atoms with Crippen LogP contribution < -0.4 is 4.90 Å². The number of halogens is 1. The van der Waals surface area contributed by atoms with Crippen molar-refractivity contribution in [3.8, 4) is 0 Å². The van der Waals surface area contributed by atoms with Crippen LogP contribution in [0.5, 0.6) is 0 Å². The number of rotatable bonds is 4. The second kappa shape index (κ2) is 8.25. The minimum absolute atomic E-state index is 0.156. The van der Waals surface area contributed by atoms with Crippen molar-refractivity contribution in [1.82, 2.24) is 9.21 Å². The average molecular weight is 401 g/mol. The largest absolute Gasteiger partial charge is 0.338 e. The van der Waals surface area contributed by atoms with E-state index in [1.807, 2.05) is 4.90 Å². The number of likely N-dealkylation sites (tertiary alicyclic amines) is 1. The van der Waals surface area contributed by atoms with Gasteiger partial charge in [-0.2, -0.15) is 4.31 Å². The summed E-state index contributed by atoms with van der Waals surface area (Å²) in [4.78, 5) is 15.7. The monoisotopic (exact) mass is 400 g/mol. The minimum Gasteiger partial charge on any atom is -0.338 e. The van der Waals surface area contributed by atoms with E-state index >= 15 is 0 Å². The lowest BCUT2D eigenvalue weighted by Crippen LogP contribution is -3.15. The number of nitrogens with zero attached hydrogens (tertiary/aromatic N) is 2. The summed E-state index contributed by atoms with van der Waals surface area (Å²) in [5.41, 5.74) is 0. The number of hydrogen-bond acceptors (Lipinski definition) is 3. The van der Waals surface area contributed by atoms with E-state index in [0.717, 1.165) is 30.8 Å². The Labute approximate surface area is 160 Å². The summed E-state index contributed by atoms with van der Waals surface area (Å²) in [6.45, 7) is 6.47. The van der Waals surface area contributed by atoms with Crippen LogP contribution in [0, 0.1) is 5.92 Å². The van der Waals surface area contributed by atoms with Crippen LogP contribution in [-0.2, 0) is 14.8 Å². The molecule has 0 bridgehead atoms. The molecule has 2 heterocycles. The molecule has 0 atom stereocenters. The number of nitrogens with one attached hydrogen (secondary N) is 1. The van der Waals surface area contributed by atoms with Crippen LogP contribution in [0.2, 0.25) is 5.02 Å². The second-order valence-electron chi connectivity index (χ2n) is 7.32. The van der Waals surface area contributed by atoms with Crippen molar-refractivity contribution >= 4 is 27.5 Å². The smallest absolute Gasteiger partial charge is 0.277 e. The van der Waals surface area contributed by atoms with Gasteiger partial charge in [0.05, 0.1) is 31.2 Å². The lowest BCUT2D eigenvalue weighted by atomic mass is 9.99. The summed E-state index contributed by atoms with van der Waals surface area (Å²) in [6.07, 6.45) is 2.15. The summed E-state index contributed by atoms with van der Waals surface area (Å²) >= 11 is 6.06. The van der Waals surface area contributed by atoms with Crippen LogP contribution in [0.15, 0.2) is 29.2 Å². The molecule has 1 aromatic carbocycles. The van der Waals surface area contributed by atoms with Gasteiger partial charge in [0.1, 0.15) is 4.90 Å². The average Bonchev–Trinajstić information content (AvgIpc) is 2.63. The van der Waals surface area contributed by atoms with E-state index in [9.17, 15) is 13.2 Å². The molecule has 2 aliphatic heterocycles. The van der Waals surface area contributed by atoms with Crippen LogP contribution in [0.1, 0.15) is 19.8 Å². The van der Waals surface area contributed by atoms with E-state index in [0.29, 0.717) is 38.6 Å². The Balaban J connectivity index is 1.54. The molecule has 3 rings (SSSR count). The lowest BCUT2D eigenvalue weighted by Gasteiger charge is -2.34. The summed E-state index contributed by atoms with van der Waals surface area (Å²) in [5.74, 6) is 0.888. The summed E-state index contributed by atoms with van der Waals surface area (Å²) in [5, 5.41) is 0.247. The zero-order valence-corrected chi connectivity index (χ0v) is 16.7. The molecule has 2 saturated heterocycles. The van der Waals surface area contributed by atoms with E-state index < -0.39 is 10.0 Å². The molecule has 1 aromatic rings. The van der Waals surface area contributed by atoms with Gasteiger partial charge in [0.15, 0.2) is 6.54 Å². The Morgan fingerprint density at radius 1 is 1.15 bits per heavy atom. The van der Waals surface area contributed by atoms with Crippen LogP contribution in [0.4, 0.5) is 0 Å². The molecule has 1 amide bonds. The molecule has 0 unspecified atom stereocenters. The maximum atomic E-state index is 12.8. The standard InChI is InChI=1S/C18H26ClN3O3S/c1-15-6-8-21(9-7-15)18(23)14-20-10-12-22(13-11-20)26(24,25)17-5-3-2-4-16(17)19/h2-5,15H,6-14H2,1H3/p+1. The lowest BCUT2D eigenvalue weighted by molar-refractivity contribution is -0.896. The first kappa shape index (κ1) is 19.6. The fraction of sp³-hybridized carbons (Fsp3) is 0.611. The zero-order chi connectivity index (χ0) is 18.7. The minimum atomic E-state index is -3.58. The van der Waals surface area contributed by atoms with Gasteiger partial charge in [-0.15, -0.1) is 0 Å². The van der Waals surface area contributed by atoms with Crippen molar-refractivity contribution in [3.63, 3.8) is 0 Å². The number of amides is 1. The van der Waals surface area contributed by atoms with Gasteiger partial charge >= 0.3 is 0 Å². The zero-order valence-electron chi connectivity index (χ0n) is 15.2. The molecule has 8 heteroatoms. The number of sulfonamides is 1. The molecule has 144 valence electrons. The number of piperazine rings is 1. The highest BCUT2D eigenvalue weighted by Gasteiger charge is 2.33. The molecule has 6 nitrogen and oxygen atoms in total. The number of carbonyl (C=O) groups is 1. The summed E-state index contributed by atoms with van der Waals surface area (Å²) < 4.78 is 27.0. The fourth-order valence-corrected chi connectivity index (χ4v) is 5.53. The predicted molar refractivity (Wildman–Crippen MR) is 101 cm³/mol. The molecule has 2 fully saturated rings. The topological polar surface area (TPSA) is 62.1 Å². The van der Waals surface area contributed by atoms with Gasteiger partial charge in [-0.25, -0.2) is 8.42 Å². The molecule has 0 spiro atoms. The van der Waals surface area contributed by atoms with E-state index in [-0.39, 0.29) is 15.8 Å². The van der Waals surface area contributed by atoms with Crippen molar-refractivity contribution in [2.75, 3.05) is 45.8 Å². The summed E-state index contributed by atoms with van der Waals surface area (Å²) in [6, 6.07) is 6.53. The Morgan fingerprint density at radius 2 is 1.77 bits per heavy atom. The Bertz CT molecular complexity index is 740. The Kier molecular flexibility index (Phi) is 6.22. The van der Waals surface area contributed by atoms with E-state index in [2.05, 4.69) is 6.92 Å². The SMILES string of the molecule is CC1CCN(C(=O)C[NH+]2CCN(S(=O)(=O)c3ccccc3Cl)CC2)CC1. The molecular weight excluding hydrogens is 374 g/mol. The number of piperidine rings is 1. The third-order valence-electron chi connectivity index (χ3n) is 5.42. The van der Waals surface area contributed by atoms with E-state index in [1.165, 1.54) is 10.4 Å². The third-order valence-corrected chi connectivity index (χ3v) is 7.82. The maximum Gasteiger partial charge on any atom is 0.277 e. The molecule has 2 aliphatic rings. The quantitative estimate of drug-likeness (QED) is 0.800. The van der Waals surface area contributed by atoms with Crippen LogP contribution in [-0.4, -0.2) is 69.3 Å². The van der Waals surface area contributed by atoms with Gasteiger partial charge < -0.3 is 9.80 Å². The van der Waals surface area contributed by atoms with Gasteiger partial charge in [-0.1, -0.05) is 30.7 Å². The Morgan fingerprint density at radius 3 is 2.38 bits per heavy atom. The highest BCUT2D eigenvalue weighted by Crippen LogP contribution is 2.24. The normalized spacial score (nSPS) is 21.1. The highest BCUT2D eigenvalue weighted by molar-refractivity contribution is 7.89. The van der Waals surface area contributed by atoms with Gasteiger partial charge in [-0.05, 0) is 30.9 Å². The first-order valence-corrected chi connectivity index (χ1v) is 11.1. The van der Waals surface area contributed by atoms with Crippen molar-refractivity contribution in [2.45, 2.75) is 24.7 Å². The third kappa shape index (κ3) is 4.39. The number of benzene rings is 1. The van der Waals surface area contributed by atoms with Gasteiger partial charge in [-0.3, -0.25) is 4.79 Å². The van der Waals surface area contributed by atoms with Crippen molar-refractivity contribution in [3.05, 3.63) is 29.3 Å². The van der Waals surface area contributed by atoms with Crippen LogP contribution in [0.3, 0.4) is 0 Å². The van der Waals surface area contributed by atoms with Crippen molar-refractivity contribution in [2.24, 2.45) is 5.92 Å². The van der Waals surface area contributed by atoms with E-state index in [1.54, 1.807) is 18.2 Å². The number of hydrogen-bond donors (Lipinski definition) is 1. The van der Waals surface area contributed by atoms with Crippen molar-refractivity contribution in [1.29, 1.82) is 0 Å². The summed E-state index contributed by atoms with van der Waals surface area (Å²) in [7, 11) is -3.58. The highest BCUT2D eigenvalue weighted by atomic mass is 35.5. The molecule has 26 heavy (non-hydrogen) atoms. The van der Waals surface area contributed by atoms with Crippen LogP contribution in [0.25, 0.3) is 0 Å². The molecule has 0 radical (unpaired) electrons. The molecule has 0 aromatic heterocycles. The van der Waals surface area contributed by atoms with Crippen LogP contribution >= 0.6 is 11.6 Å². The second-order valence-corrected chi connectivity index (χ2v) is 9.64. The van der Waals surface area contributed by atoms with Gasteiger partial charge in [0, 0.05) is 13.1 Å². The maximum absolute atomic E-state index is 12.8. The Hall–Kier alpha value is -1.15. The van der Waals surface area contributed by atoms with Gasteiger partial charge in [0.25, 0.3) is 5.91 Å².